The van der Waals surface area contributed by atoms with Crippen LogP contribution in [-0.4, -0.2) is 67.7 Å². The van der Waals surface area contributed by atoms with E-state index in [0.29, 0.717) is 30.0 Å². The molecule has 0 radical (unpaired) electrons. The lowest BCUT2D eigenvalue weighted by Crippen LogP contribution is -2.42. The van der Waals surface area contributed by atoms with Crippen LogP contribution in [0.15, 0.2) is 18.2 Å². The summed E-state index contributed by atoms with van der Waals surface area (Å²) < 4.78 is 15.3. The number of imide groups is 1. The highest BCUT2D eigenvalue weighted by atomic mass is 16.6. The van der Waals surface area contributed by atoms with Gasteiger partial charge in [0.25, 0.3) is 11.8 Å². The lowest BCUT2D eigenvalue weighted by atomic mass is 10.1. The maximum atomic E-state index is 12.9. The number of hydrogen-bond acceptors (Lipinski definition) is 6. The van der Waals surface area contributed by atoms with Crippen LogP contribution >= 0.6 is 0 Å². The van der Waals surface area contributed by atoms with Crippen LogP contribution in [-0.2, 0) is 9.53 Å². The molecular weight excluding hydrogens is 316 g/mol. The zero-order valence-corrected chi connectivity index (χ0v) is 13.5. The fraction of sp³-hybridized carbons (Fsp3) is 0.438. The number of nitrogens with zero attached hydrogens (tertiary/aromatic N) is 2. The summed E-state index contributed by atoms with van der Waals surface area (Å²) in [7, 11) is 2.97. The van der Waals surface area contributed by atoms with Crippen molar-refractivity contribution >= 4 is 17.9 Å². The van der Waals surface area contributed by atoms with Gasteiger partial charge in [0.15, 0.2) is 6.61 Å². The van der Waals surface area contributed by atoms with Crippen molar-refractivity contribution in [3.05, 3.63) is 23.8 Å². The maximum Gasteiger partial charge on any atom is 0.417 e. The van der Waals surface area contributed by atoms with Crippen molar-refractivity contribution < 1.29 is 28.6 Å². The summed E-state index contributed by atoms with van der Waals surface area (Å²) in [4.78, 5) is 39.0. The fourth-order valence-corrected chi connectivity index (χ4v) is 3.07. The lowest BCUT2D eigenvalue weighted by Gasteiger charge is -2.22. The summed E-state index contributed by atoms with van der Waals surface area (Å²) in [6.45, 7) is 0.465. The highest BCUT2D eigenvalue weighted by Gasteiger charge is 2.41. The van der Waals surface area contributed by atoms with E-state index in [4.69, 9.17) is 14.2 Å². The average Bonchev–Trinajstić information content (AvgIpc) is 3.20. The molecule has 1 atom stereocenters. The van der Waals surface area contributed by atoms with E-state index in [1.165, 1.54) is 14.2 Å². The van der Waals surface area contributed by atoms with Gasteiger partial charge in [0.1, 0.15) is 17.1 Å². The van der Waals surface area contributed by atoms with Crippen LogP contribution in [0.5, 0.6) is 11.5 Å². The van der Waals surface area contributed by atoms with E-state index in [0.717, 1.165) is 4.90 Å². The van der Waals surface area contributed by atoms with Crippen molar-refractivity contribution in [2.45, 2.75) is 12.5 Å². The molecule has 0 aliphatic carbocycles. The molecule has 8 heteroatoms. The number of amides is 3. The van der Waals surface area contributed by atoms with E-state index in [1.54, 1.807) is 23.1 Å². The van der Waals surface area contributed by atoms with Crippen molar-refractivity contribution in [2.75, 3.05) is 33.9 Å². The number of ether oxygens (including phenoxy) is 3. The number of carbonyl (C=O) groups excluding carboxylic acids is 3. The molecule has 8 nitrogen and oxygen atoms in total. The van der Waals surface area contributed by atoms with Crippen LogP contribution in [0.2, 0.25) is 0 Å². The highest BCUT2D eigenvalue weighted by Crippen LogP contribution is 2.31. The van der Waals surface area contributed by atoms with Crippen LogP contribution < -0.4 is 9.47 Å². The van der Waals surface area contributed by atoms with Gasteiger partial charge in [-0.25, -0.2) is 9.69 Å². The molecule has 2 saturated heterocycles. The van der Waals surface area contributed by atoms with Gasteiger partial charge >= 0.3 is 6.09 Å². The van der Waals surface area contributed by atoms with Gasteiger partial charge in [-0.2, -0.15) is 0 Å². The Hall–Kier alpha value is -2.77. The standard InChI is InChI=1S/C16H18N2O6/c1-22-11-4-3-5-12(23-2)14(11)15(20)17-7-6-10(8-17)18-13(19)9-24-16(18)21/h3-5,10H,6-9H2,1-2H3. The summed E-state index contributed by atoms with van der Waals surface area (Å²) in [6.07, 6.45) is -0.126. The number of likely N-dealkylation sites (tertiary alicyclic amines) is 1. The van der Waals surface area contributed by atoms with Crippen molar-refractivity contribution in [3.63, 3.8) is 0 Å². The van der Waals surface area contributed by atoms with E-state index in [1.807, 2.05) is 0 Å². The molecule has 1 aromatic carbocycles. The molecule has 24 heavy (non-hydrogen) atoms. The summed E-state index contributed by atoms with van der Waals surface area (Å²) in [5, 5.41) is 0. The van der Waals surface area contributed by atoms with E-state index in [9.17, 15) is 14.4 Å². The van der Waals surface area contributed by atoms with E-state index >= 15 is 0 Å². The van der Waals surface area contributed by atoms with E-state index in [-0.39, 0.29) is 31.0 Å². The molecule has 0 aromatic heterocycles. The Labute approximate surface area is 138 Å². The van der Waals surface area contributed by atoms with Gasteiger partial charge in [-0.05, 0) is 18.6 Å². The molecule has 1 aromatic rings. The SMILES string of the molecule is COc1cccc(OC)c1C(=O)N1CCC(N2C(=O)COC2=O)C1. The monoisotopic (exact) mass is 334 g/mol. The molecular formula is C16H18N2O6. The number of cyclic esters (lactones) is 1. The third-order valence-electron chi connectivity index (χ3n) is 4.24. The van der Waals surface area contributed by atoms with Crippen LogP contribution in [0.1, 0.15) is 16.8 Å². The smallest absolute Gasteiger partial charge is 0.417 e. The second kappa shape index (κ2) is 6.38. The van der Waals surface area contributed by atoms with Gasteiger partial charge in [-0.3, -0.25) is 9.59 Å². The van der Waals surface area contributed by atoms with Gasteiger partial charge in [-0.1, -0.05) is 6.07 Å². The molecule has 0 N–H and O–H groups in total. The Balaban J connectivity index is 1.80. The Bertz CT molecular complexity index is 651. The Kier molecular flexibility index (Phi) is 4.28. The van der Waals surface area contributed by atoms with Crippen molar-refractivity contribution in [2.24, 2.45) is 0 Å². The van der Waals surface area contributed by atoms with Gasteiger partial charge in [0.2, 0.25) is 0 Å². The lowest BCUT2D eigenvalue weighted by molar-refractivity contribution is -0.127. The number of hydrogen-bond donors (Lipinski definition) is 0. The van der Waals surface area contributed by atoms with Crippen LogP contribution in [0, 0.1) is 0 Å². The third-order valence-corrected chi connectivity index (χ3v) is 4.24. The molecule has 0 saturated carbocycles. The minimum atomic E-state index is -0.644. The van der Waals surface area contributed by atoms with E-state index < -0.39 is 6.09 Å². The number of methoxy groups -OCH3 is 2. The van der Waals surface area contributed by atoms with Crippen LogP contribution in [0.3, 0.4) is 0 Å². The summed E-state index contributed by atoms with van der Waals surface area (Å²) in [5.74, 6) is 0.208. The molecule has 2 aliphatic heterocycles. The molecule has 128 valence electrons. The van der Waals surface area contributed by atoms with Crippen LogP contribution in [0.25, 0.3) is 0 Å². The predicted molar refractivity (Wildman–Crippen MR) is 82.0 cm³/mol. The zero-order chi connectivity index (χ0) is 17.3. The van der Waals surface area contributed by atoms with Crippen molar-refractivity contribution in [1.29, 1.82) is 0 Å². The van der Waals surface area contributed by atoms with Crippen LogP contribution in [0.4, 0.5) is 4.79 Å². The minimum absolute atomic E-state index is 0.233. The normalized spacial score (nSPS) is 20.3. The zero-order valence-electron chi connectivity index (χ0n) is 13.5. The third kappa shape index (κ3) is 2.64. The Morgan fingerprint density at radius 3 is 2.42 bits per heavy atom. The van der Waals surface area contributed by atoms with E-state index in [2.05, 4.69) is 0 Å². The molecule has 0 spiro atoms. The first-order valence-corrected chi connectivity index (χ1v) is 7.56. The summed E-state index contributed by atoms with van der Waals surface area (Å²) >= 11 is 0. The minimum Gasteiger partial charge on any atom is -0.496 e. The number of rotatable bonds is 4. The topological polar surface area (TPSA) is 85.4 Å². The Morgan fingerprint density at radius 1 is 1.21 bits per heavy atom. The second-order valence-corrected chi connectivity index (χ2v) is 5.55. The number of carbonyl (C=O) groups is 3. The van der Waals surface area contributed by atoms with Crippen molar-refractivity contribution in [3.8, 4) is 11.5 Å². The summed E-state index contributed by atoms with van der Waals surface area (Å²) in [6, 6.07) is 4.74. The largest absolute Gasteiger partial charge is 0.496 e. The van der Waals surface area contributed by atoms with Gasteiger partial charge in [0, 0.05) is 13.1 Å². The first kappa shape index (κ1) is 16.1. The first-order valence-electron chi connectivity index (χ1n) is 7.56. The van der Waals surface area contributed by atoms with Crippen molar-refractivity contribution in [1.82, 2.24) is 9.80 Å². The molecule has 3 rings (SSSR count). The predicted octanol–water partition coefficient (Wildman–Crippen LogP) is 0.897. The highest BCUT2D eigenvalue weighted by molar-refractivity contribution is 6.01. The first-order chi connectivity index (χ1) is 11.6. The second-order valence-electron chi connectivity index (χ2n) is 5.55. The fourth-order valence-electron chi connectivity index (χ4n) is 3.07. The quantitative estimate of drug-likeness (QED) is 0.813. The van der Waals surface area contributed by atoms with Gasteiger partial charge in [-0.15, -0.1) is 0 Å². The molecule has 3 amide bonds. The molecule has 2 heterocycles. The molecule has 2 fully saturated rings. The molecule has 2 aliphatic rings. The van der Waals surface area contributed by atoms with Gasteiger partial charge in [0.05, 0.1) is 20.3 Å². The Morgan fingerprint density at radius 2 is 1.88 bits per heavy atom. The van der Waals surface area contributed by atoms with Gasteiger partial charge < -0.3 is 19.1 Å². The summed E-state index contributed by atoms with van der Waals surface area (Å²) in [5.41, 5.74) is 0.332. The molecule has 0 bridgehead atoms. The molecule has 1 unspecified atom stereocenters. The average molecular weight is 334 g/mol. The maximum absolute atomic E-state index is 12.9. The number of benzene rings is 1.